The third-order valence-electron chi connectivity index (χ3n) is 4.15. The normalized spacial score (nSPS) is 15.6. The summed E-state index contributed by atoms with van der Waals surface area (Å²) in [6.07, 6.45) is -1.46. The number of hydrogen-bond donors (Lipinski definition) is 0. The van der Waals surface area contributed by atoms with E-state index in [1.165, 1.54) is 18.3 Å². The highest BCUT2D eigenvalue weighted by Crippen LogP contribution is 2.22. The van der Waals surface area contributed by atoms with Crippen molar-refractivity contribution in [1.82, 2.24) is 19.8 Å². The van der Waals surface area contributed by atoms with E-state index in [9.17, 15) is 18.0 Å². The number of nitrogens with zero attached hydrogens (tertiary/aromatic N) is 4. The molecule has 0 aromatic carbocycles. The molecular formula is C18H19F3N4O2. The number of carbonyl (C=O) groups excluding carboxylic acids is 1. The van der Waals surface area contributed by atoms with Crippen molar-refractivity contribution in [2.45, 2.75) is 12.7 Å². The van der Waals surface area contributed by atoms with Crippen molar-refractivity contribution < 1.29 is 22.7 Å². The molecule has 27 heavy (non-hydrogen) atoms. The number of piperazine rings is 1. The Labute approximate surface area is 154 Å². The predicted molar refractivity (Wildman–Crippen MR) is 91.2 cm³/mol. The third kappa shape index (κ3) is 5.40. The molecule has 0 spiro atoms. The second-order valence-electron chi connectivity index (χ2n) is 6.15. The molecule has 144 valence electrons. The Morgan fingerprint density at radius 3 is 2.44 bits per heavy atom. The zero-order chi connectivity index (χ0) is 19.3. The molecule has 1 fully saturated rings. The van der Waals surface area contributed by atoms with Gasteiger partial charge in [-0.2, -0.15) is 13.2 Å². The van der Waals surface area contributed by atoms with Crippen LogP contribution in [-0.2, 0) is 6.54 Å². The molecule has 2 aromatic rings. The Kier molecular flexibility index (Phi) is 5.90. The Morgan fingerprint density at radius 1 is 1.04 bits per heavy atom. The molecule has 0 unspecified atom stereocenters. The summed E-state index contributed by atoms with van der Waals surface area (Å²) in [4.78, 5) is 24.6. The topological polar surface area (TPSA) is 58.6 Å². The van der Waals surface area contributed by atoms with E-state index in [0.29, 0.717) is 32.7 Å². The highest BCUT2D eigenvalue weighted by atomic mass is 19.4. The number of carbonyl (C=O) groups is 1. The fourth-order valence-electron chi connectivity index (χ4n) is 2.82. The van der Waals surface area contributed by atoms with Crippen molar-refractivity contribution in [3.63, 3.8) is 0 Å². The van der Waals surface area contributed by atoms with Crippen LogP contribution in [0.4, 0.5) is 13.2 Å². The number of rotatable bonds is 5. The largest absolute Gasteiger partial charge is 0.467 e. The summed E-state index contributed by atoms with van der Waals surface area (Å²) in [5.74, 6) is -0.673. The maximum atomic E-state index is 12.7. The summed E-state index contributed by atoms with van der Waals surface area (Å²) in [6, 6.07) is 8.66. The number of alkyl halides is 3. The van der Waals surface area contributed by atoms with Gasteiger partial charge < -0.3 is 9.64 Å². The Bertz CT molecular complexity index is 763. The molecule has 1 amide bonds. The summed E-state index contributed by atoms with van der Waals surface area (Å²) < 4.78 is 41.9. The summed E-state index contributed by atoms with van der Waals surface area (Å²) in [7, 11) is 0. The fraction of sp³-hybridized carbons (Fsp3) is 0.389. The average molecular weight is 380 g/mol. The van der Waals surface area contributed by atoms with E-state index in [2.05, 4.69) is 14.9 Å². The zero-order valence-corrected chi connectivity index (χ0v) is 14.5. The first kappa shape index (κ1) is 19.1. The van der Waals surface area contributed by atoms with Gasteiger partial charge in [-0.3, -0.25) is 14.7 Å². The highest BCUT2D eigenvalue weighted by Gasteiger charge is 2.30. The van der Waals surface area contributed by atoms with Crippen LogP contribution in [0.15, 0.2) is 42.7 Å². The van der Waals surface area contributed by atoms with Gasteiger partial charge in [-0.1, -0.05) is 6.07 Å². The van der Waals surface area contributed by atoms with Crippen LogP contribution in [0, 0.1) is 0 Å². The summed E-state index contributed by atoms with van der Waals surface area (Å²) in [5, 5.41) is 0. The van der Waals surface area contributed by atoms with Gasteiger partial charge in [-0.25, -0.2) is 4.98 Å². The maximum Gasteiger partial charge on any atom is 0.422 e. The summed E-state index contributed by atoms with van der Waals surface area (Å²) >= 11 is 0. The Morgan fingerprint density at radius 2 is 1.78 bits per heavy atom. The van der Waals surface area contributed by atoms with E-state index in [4.69, 9.17) is 4.74 Å². The minimum absolute atomic E-state index is 0.0416. The quantitative estimate of drug-likeness (QED) is 0.797. The SMILES string of the molecule is O=C(c1cccnc1OCC(F)(F)F)N1CCN(Cc2ccccn2)CC1. The fourth-order valence-corrected chi connectivity index (χ4v) is 2.82. The molecule has 1 saturated heterocycles. The molecule has 0 radical (unpaired) electrons. The molecule has 0 bridgehead atoms. The van der Waals surface area contributed by atoms with Gasteiger partial charge >= 0.3 is 6.18 Å². The van der Waals surface area contributed by atoms with Crippen molar-refractivity contribution in [3.05, 3.63) is 54.0 Å². The van der Waals surface area contributed by atoms with Crippen LogP contribution < -0.4 is 4.74 Å². The number of pyridine rings is 2. The molecule has 0 atom stereocenters. The van der Waals surface area contributed by atoms with Gasteiger partial charge in [0.2, 0.25) is 5.88 Å². The van der Waals surface area contributed by atoms with Crippen LogP contribution in [0.2, 0.25) is 0 Å². The standard InChI is InChI=1S/C18H19F3N4O2/c19-18(20,21)13-27-16-15(5-3-7-23-16)17(26)25-10-8-24(9-11-25)12-14-4-1-2-6-22-14/h1-7H,8-13H2. The first-order valence-corrected chi connectivity index (χ1v) is 8.48. The molecule has 9 heteroatoms. The number of halogens is 3. The van der Waals surface area contributed by atoms with Gasteiger partial charge in [0.05, 0.1) is 5.69 Å². The van der Waals surface area contributed by atoms with E-state index < -0.39 is 12.8 Å². The van der Waals surface area contributed by atoms with E-state index >= 15 is 0 Å². The lowest BCUT2D eigenvalue weighted by atomic mass is 10.2. The van der Waals surface area contributed by atoms with Gasteiger partial charge in [0.15, 0.2) is 6.61 Å². The maximum absolute atomic E-state index is 12.7. The van der Waals surface area contributed by atoms with Crippen molar-refractivity contribution in [2.75, 3.05) is 32.8 Å². The van der Waals surface area contributed by atoms with E-state index in [1.54, 1.807) is 11.1 Å². The minimum atomic E-state index is -4.49. The number of ether oxygens (including phenoxy) is 1. The predicted octanol–water partition coefficient (Wildman–Crippen LogP) is 2.38. The lowest BCUT2D eigenvalue weighted by Gasteiger charge is -2.34. The van der Waals surface area contributed by atoms with E-state index in [1.807, 2.05) is 18.2 Å². The number of hydrogen-bond acceptors (Lipinski definition) is 5. The van der Waals surface area contributed by atoms with Crippen molar-refractivity contribution in [1.29, 1.82) is 0 Å². The van der Waals surface area contributed by atoms with Gasteiger partial charge in [-0.15, -0.1) is 0 Å². The molecule has 0 saturated carbocycles. The second-order valence-corrected chi connectivity index (χ2v) is 6.15. The minimum Gasteiger partial charge on any atom is -0.467 e. The lowest BCUT2D eigenvalue weighted by molar-refractivity contribution is -0.154. The molecule has 0 aliphatic carbocycles. The third-order valence-corrected chi connectivity index (χ3v) is 4.15. The Hall–Kier alpha value is -2.68. The van der Waals surface area contributed by atoms with E-state index in [-0.39, 0.29) is 17.4 Å². The van der Waals surface area contributed by atoms with Crippen molar-refractivity contribution >= 4 is 5.91 Å². The first-order chi connectivity index (χ1) is 12.9. The van der Waals surface area contributed by atoms with Crippen LogP contribution in [0.1, 0.15) is 16.1 Å². The molecule has 1 aliphatic rings. The number of amides is 1. The summed E-state index contributed by atoms with van der Waals surface area (Å²) in [6.45, 7) is 1.46. The van der Waals surface area contributed by atoms with Gasteiger partial charge in [0.25, 0.3) is 5.91 Å². The highest BCUT2D eigenvalue weighted by molar-refractivity contribution is 5.96. The van der Waals surface area contributed by atoms with Crippen LogP contribution >= 0.6 is 0 Å². The van der Waals surface area contributed by atoms with Gasteiger partial charge in [0, 0.05) is 45.1 Å². The van der Waals surface area contributed by atoms with Gasteiger partial charge in [-0.05, 0) is 24.3 Å². The van der Waals surface area contributed by atoms with Crippen LogP contribution in [0.5, 0.6) is 5.88 Å². The molecule has 3 rings (SSSR count). The smallest absolute Gasteiger partial charge is 0.422 e. The molecular weight excluding hydrogens is 361 g/mol. The Balaban J connectivity index is 1.59. The molecule has 0 N–H and O–H groups in total. The molecule has 3 heterocycles. The van der Waals surface area contributed by atoms with Crippen molar-refractivity contribution in [2.24, 2.45) is 0 Å². The molecule has 1 aliphatic heterocycles. The zero-order valence-electron chi connectivity index (χ0n) is 14.5. The van der Waals surface area contributed by atoms with Crippen LogP contribution in [-0.4, -0.2) is 64.6 Å². The second kappa shape index (κ2) is 8.34. The molecule has 6 nitrogen and oxygen atoms in total. The lowest BCUT2D eigenvalue weighted by Crippen LogP contribution is -2.48. The molecule has 2 aromatic heterocycles. The number of aromatic nitrogens is 2. The first-order valence-electron chi connectivity index (χ1n) is 8.48. The van der Waals surface area contributed by atoms with Crippen LogP contribution in [0.25, 0.3) is 0 Å². The summed E-state index contributed by atoms with van der Waals surface area (Å²) in [5.41, 5.74) is 0.993. The average Bonchev–Trinajstić information content (AvgIpc) is 2.67. The van der Waals surface area contributed by atoms with E-state index in [0.717, 1.165) is 5.69 Å². The van der Waals surface area contributed by atoms with Gasteiger partial charge in [0.1, 0.15) is 5.56 Å². The van der Waals surface area contributed by atoms with Crippen LogP contribution in [0.3, 0.4) is 0 Å². The monoisotopic (exact) mass is 380 g/mol. The van der Waals surface area contributed by atoms with Crippen molar-refractivity contribution in [3.8, 4) is 5.88 Å².